The van der Waals surface area contributed by atoms with E-state index in [0.29, 0.717) is 31.5 Å². The summed E-state index contributed by atoms with van der Waals surface area (Å²) in [5.74, 6) is -0.000432. The Morgan fingerprint density at radius 3 is 2.18 bits per heavy atom. The van der Waals surface area contributed by atoms with Crippen molar-refractivity contribution in [1.29, 1.82) is 0 Å². The first-order valence-corrected chi connectivity index (χ1v) is 13.1. The van der Waals surface area contributed by atoms with Crippen LogP contribution in [0, 0.1) is 0 Å². The van der Waals surface area contributed by atoms with E-state index in [1.54, 1.807) is 30.3 Å². The molecule has 2 heterocycles. The zero-order valence-corrected chi connectivity index (χ0v) is 20.1. The summed E-state index contributed by atoms with van der Waals surface area (Å²) in [5, 5.41) is 0. The maximum Gasteiger partial charge on any atom is 0.253 e. The minimum absolute atomic E-state index is 0.000432. The number of amides is 1. The van der Waals surface area contributed by atoms with E-state index in [0.717, 1.165) is 19.6 Å². The average Bonchev–Trinajstić information content (AvgIpc) is 2.79. The molecule has 2 aromatic rings. The van der Waals surface area contributed by atoms with E-state index in [-0.39, 0.29) is 29.1 Å². The predicted molar refractivity (Wildman–Crippen MR) is 127 cm³/mol. The van der Waals surface area contributed by atoms with Crippen molar-refractivity contribution in [2.24, 2.45) is 0 Å². The van der Waals surface area contributed by atoms with E-state index in [9.17, 15) is 13.2 Å². The molecular formula is C25H33N3O4S. The molecule has 33 heavy (non-hydrogen) atoms. The summed E-state index contributed by atoms with van der Waals surface area (Å²) in [6.07, 6.45) is 1.66. The number of nitrogens with one attached hydrogen (secondary N) is 1. The number of morpholine rings is 1. The van der Waals surface area contributed by atoms with Gasteiger partial charge in [-0.3, -0.25) is 9.69 Å². The lowest BCUT2D eigenvalue weighted by Gasteiger charge is -2.35. The average molecular weight is 472 g/mol. The first kappa shape index (κ1) is 23.9. The largest absolute Gasteiger partial charge is 0.373 e. The molecule has 178 valence electrons. The molecule has 2 aliphatic heterocycles. The Balaban J connectivity index is 1.29. The van der Waals surface area contributed by atoms with Gasteiger partial charge in [-0.15, -0.1) is 0 Å². The number of nitrogens with zero attached hydrogens (tertiary/aromatic N) is 2. The lowest BCUT2D eigenvalue weighted by molar-refractivity contribution is -0.0704. The Kier molecular flexibility index (Phi) is 7.48. The Morgan fingerprint density at radius 2 is 1.58 bits per heavy atom. The zero-order valence-electron chi connectivity index (χ0n) is 19.3. The molecule has 2 fully saturated rings. The second-order valence-corrected chi connectivity index (χ2v) is 10.9. The molecule has 0 radical (unpaired) electrons. The van der Waals surface area contributed by atoms with Gasteiger partial charge in [0.1, 0.15) is 0 Å². The molecule has 2 atom stereocenters. The molecule has 2 saturated heterocycles. The van der Waals surface area contributed by atoms with Gasteiger partial charge in [-0.2, -0.15) is 0 Å². The number of hydrogen-bond donors (Lipinski definition) is 1. The number of likely N-dealkylation sites (tertiary alicyclic amines) is 1. The Morgan fingerprint density at radius 1 is 0.970 bits per heavy atom. The third-order valence-corrected chi connectivity index (χ3v) is 7.80. The summed E-state index contributed by atoms with van der Waals surface area (Å²) >= 11 is 0. The second-order valence-electron chi connectivity index (χ2n) is 9.15. The molecule has 0 bridgehead atoms. The van der Waals surface area contributed by atoms with Crippen molar-refractivity contribution in [2.75, 3.05) is 26.2 Å². The van der Waals surface area contributed by atoms with Gasteiger partial charge in [0.2, 0.25) is 10.0 Å². The zero-order chi connectivity index (χ0) is 23.4. The first-order valence-electron chi connectivity index (χ1n) is 11.6. The van der Waals surface area contributed by atoms with Crippen LogP contribution in [-0.4, -0.2) is 68.6 Å². The van der Waals surface area contributed by atoms with Crippen molar-refractivity contribution in [1.82, 2.24) is 14.5 Å². The van der Waals surface area contributed by atoms with Crippen LogP contribution in [0.15, 0.2) is 59.5 Å². The van der Waals surface area contributed by atoms with Gasteiger partial charge in [0.05, 0.1) is 17.1 Å². The molecule has 1 amide bonds. The lowest BCUT2D eigenvalue weighted by atomic mass is 10.0. The molecule has 8 heteroatoms. The van der Waals surface area contributed by atoms with Crippen LogP contribution in [-0.2, 0) is 21.3 Å². The molecule has 0 saturated carbocycles. The molecular weight excluding hydrogens is 438 g/mol. The highest BCUT2D eigenvalue weighted by Gasteiger charge is 2.27. The summed E-state index contributed by atoms with van der Waals surface area (Å²) in [4.78, 5) is 17.4. The number of rotatable bonds is 6. The van der Waals surface area contributed by atoms with Crippen molar-refractivity contribution in [3.8, 4) is 0 Å². The Hall–Kier alpha value is -2.26. The fraction of sp³-hybridized carbons (Fsp3) is 0.480. The monoisotopic (exact) mass is 471 g/mol. The van der Waals surface area contributed by atoms with Crippen molar-refractivity contribution in [3.05, 3.63) is 65.7 Å². The molecule has 0 spiro atoms. The van der Waals surface area contributed by atoms with E-state index in [1.165, 1.54) is 5.56 Å². The number of ether oxygens (including phenoxy) is 1. The fourth-order valence-corrected chi connectivity index (χ4v) is 6.02. The van der Waals surface area contributed by atoms with Crippen LogP contribution in [0.4, 0.5) is 0 Å². The highest BCUT2D eigenvalue weighted by atomic mass is 32.2. The van der Waals surface area contributed by atoms with Gasteiger partial charge < -0.3 is 9.64 Å². The molecule has 2 unspecified atom stereocenters. The quantitative estimate of drug-likeness (QED) is 0.701. The molecule has 1 N–H and O–H groups in total. The summed E-state index contributed by atoms with van der Waals surface area (Å²) in [6.45, 7) is 7.93. The topological polar surface area (TPSA) is 79.0 Å². The number of benzene rings is 2. The molecule has 7 nitrogen and oxygen atoms in total. The maximum atomic E-state index is 13.0. The SMILES string of the molecule is CC1CN(Cc2ccc(C(=O)N3CCC(NS(=O)(=O)c4ccccc4)CC3)cc2)CC(C)O1. The Bertz CT molecular complexity index is 1030. The van der Waals surface area contributed by atoms with Crippen molar-refractivity contribution in [2.45, 2.75) is 56.4 Å². The fourth-order valence-electron chi connectivity index (χ4n) is 4.69. The van der Waals surface area contributed by atoms with Crippen LogP contribution >= 0.6 is 0 Å². The number of carbonyl (C=O) groups is 1. The molecule has 2 aliphatic rings. The minimum atomic E-state index is -3.54. The predicted octanol–water partition coefficient (Wildman–Crippen LogP) is 2.88. The molecule has 4 rings (SSSR count). The normalized spacial score (nSPS) is 22.9. The van der Waals surface area contributed by atoms with Crippen LogP contribution in [0.3, 0.4) is 0 Å². The van der Waals surface area contributed by atoms with Gasteiger partial charge >= 0.3 is 0 Å². The molecule has 0 aliphatic carbocycles. The van der Waals surface area contributed by atoms with E-state index in [1.807, 2.05) is 29.2 Å². The van der Waals surface area contributed by atoms with Gasteiger partial charge in [0, 0.05) is 44.3 Å². The van der Waals surface area contributed by atoms with Crippen molar-refractivity contribution < 1.29 is 17.9 Å². The van der Waals surface area contributed by atoms with Crippen LogP contribution in [0.5, 0.6) is 0 Å². The number of hydrogen-bond acceptors (Lipinski definition) is 5. The van der Waals surface area contributed by atoms with Crippen molar-refractivity contribution >= 4 is 15.9 Å². The van der Waals surface area contributed by atoms with E-state index in [4.69, 9.17) is 4.74 Å². The van der Waals surface area contributed by atoms with Gasteiger partial charge in [-0.25, -0.2) is 13.1 Å². The lowest BCUT2D eigenvalue weighted by Crippen LogP contribution is -2.46. The standard InChI is InChI=1S/C25H33N3O4S/c1-19-16-27(17-20(2)32-19)18-21-8-10-22(11-9-21)25(29)28-14-12-23(13-15-28)26-33(30,31)24-6-4-3-5-7-24/h3-11,19-20,23,26H,12-18H2,1-2H3. The highest BCUT2D eigenvalue weighted by Crippen LogP contribution is 2.19. The van der Waals surface area contributed by atoms with Gasteiger partial charge in [-0.05, 0) is 56.5 Å². The number of sulfonamides is 1. The van der Waals surface area contributed by atoms with Gasteiger partial charge in [0.25, 0.3) is 5.91 Å². The van der Waals surface area contributed by atoms with Crippen LogP contribution in [0.1, 0.15) is 42.6 Å². The third kappa shape index (κ3) is 6.20. The number of piperidine rings is 1. The molecule has 2 aromatic carbocycles. The number of carbonyl (C=O) groups excluding carboxylic acids is 1. The summed E-state index contributed by atoms with van der Waals surface area (Å²) in [5.41, 5.74) is 1.85. The third-order valence-electron chi connectivity index (χ3n) is 6.26. The van der Waals surface area contributed by atoms with Crippen LogP contribution in [0.25, 0.3) is 0 Å². The van der Waals surface area contributed by atoms with Gasteiger partial charge in [0.15, 0.2) is 0 Å². The van der Waals surface area contributed by atoms with Crippen LogP contribution < -0.4 is 4.72 Å². The van der Waals surface area contributed by atoms with E-state index >= 15 is 0 Å². The van der Waals surface area contributed by atoms with Gasteiger partial charge in [-0.1, -0.05) is 30.3 Å². The smallest absolute Gasteiger partial charge is 0.253 e. The van der Waals surface area contributed by atoms with E-state index < -0.39 is 10.0 Å². The maximum absolute atomic E-state index is 13.0. The summed E-state index contributed by atoms with van der Waals surface area (Å²) < 4.78 is 33.7. The van der Waals surface area contributed by atoms with Crippen molar-refractivity contribution in [3.63, 3.8) is 0 Å². The highest BCUT2D eigenvalue weighted by molar-refractivity contribution is 7.89. The molecule has 0 aromatic heterocycles. The summed E-state index contributed by atoms with van der Waals surface area (Å²) in [6, 6.07) is 16.1. The van der Waals surface area contributed by atoms with E-state index in [2.05, 4.69) is 23.5 Å². The van der Waals surface area contributed by atoms with Crippen LogP contribution in [0.2, 0.25) is 0 Å². The second kappa shape index (κ2) is 10.3. The first-order chi connectivity index (χ1) is 15.8. The Labute approximate surface area is 196 Å². The summed E-state index contributed by atoms with van der Waals surface area (Å²) in [7, 11) is -3.54. The minimum Gasteiger partial charge on any atom is -0.373 e.